The highest BCUT2D eigenvalue weighted by atomic mass is 15.3. The second-order valence-electron chi connectivity index (χ2n) is 6.92. The number of hydrogen-bond donors (Lipinski definition) is 2. The fraction of sp³-hybridized carbons (Fsp3) is 0.688. The molecule has 0 aliphatic heterocycles. The van der Waals surface area contributed by atoms with Crippen molar-refractivity contribution >= 4 is 11.6 Å². The first-order chi connectivity index (χ1) is 10.6. The summed E-state index contributed by atoms with van der Waals surface area (Å²) in [7, 11) is 0. The van der Waals surface area contributed by atoms with Crippen LogP contribution in [0.5, 0.6) is 0 Å². The first-order valence-corrected chi connectivity index (χ1v) is 8.21. The molecule has 6 nitrogen and oxygen atoms in total. The zero-order chi connectivity index (χ0) is 15.6. The predicted octanol–water partition coefficient (Wildman–Crippen LogP) is 2.40. The van der Waals surface area contributed by atoms with Crippen molar-refractivity contribution in [3.63, 3.8) is 0 Å². The molecule has 0 amide bonds. The Morgan fingerprint density at radius 2 is 2.18 bits per heavy atom. The van der Waals surface area contributed by atoms with E-state index < -0.39 is 0 Å². The molecular formula is C16H26N6. The summed E-state index contributed by atoms with van der Waals surface area (Å²) >= 11 is 0. The van der Waals surface area contributed by atoms with Crippen LogP contribution in [-0.4, -0.2) is 38.7 Å². The Balaban J connectivity index is 1.55. The summed E-state index contributed by atoms with van der Waals surface area (Å²) in [5.74, 6) is 1.59. The fourth-order valence-corrected chi connectivity index (χ4v) is 3.37. The van der Waals surface area contributed by atoms with Gasteiger partial charge < -0.3 is 10.6 Å². The molecule has 3 rings (SSSR count). The summed E-state index contributed by atoms with van der Waals surface area (Å²) in [5, 5.41) is 11.4. The topological polar surface area (TPSA) is 67.1 Å². The molecule has 0 radical (unpaired) electrons. The van der Waals surface area contributed by atoms with Gasteiger partial charge >= 0.3 is 0 Å². The predicted molar refractivity (Wildman–Crippen MR) is 88.0 cm³/mol. The Morgan fingerprint density at radius 3 is 3.00 bits per heavy atom. The molecule has 0 spiro atoms. The van der Waals surface area contributed by atoms with E-state index in [0.29, 0.717) is 17.2 Å². The van der Waals surface area contributed by atoms with Gasteiger partial charge in [-0.05, 0) is 25.2 Å². The third-order valence-corrected chi connectivity index (χ3v) is 4.71. The highest BCUT2D eigenvalue weighted by Crippen LogP contribution is 2.35. The number of hydrogen-bond acceptors (Lipinski definition) is 5. The van der Waals surface area contributed by atoms with Crippen molar-refractivity contribution in [3.05, 3.63) is 18.1 Å². The largest absolute Gasteiger partial charge is 0.369 e. The Labute approximate surface area is 131 Å². The van der Waals surface area contributed by atoms with Crippen LogP contribution in [0.25, 0.3) is 5.78 Å². The van der Waals surface area contributed by atoms with Crippen molar-refractivity contribution in [2.45, 2.75) is 52.5 Å². The van der Waals surface area contributed by atoms with E-state index in [1.165, 1.54) is 32.0 Å². The van der Waals surface area contributed by atoms with E-state index in [1.54, 1.807) is 4.52 Å². The van der Waals surface area contributed by atoms with Gasteiger partial charge in [0.25, 0.3) is 5.78 Å². The van der Waals surface area contributed by atoms with Gasteiger partial charge in [0.15, 0.2) is 0 Å². The molecular weight excluding hydrogens is 276 g/mol. The quantitative estimate of drug-likeness (QED) is 0.830. The summed E-state index contributed by atoms with van der Waals surface area (Å²) in [4.78, 5) is 8.50. The second kappa shape index (κ2) is 6.20. The van der Waals surface area contributed by atoms with Crippen LogP contribution in [-0.2, 0) is 0 Å². The number of nitrogens with one attached hydrogen (secondary N) is 2. The minimum atomic E-state index is 0.407. The average Bonchev–Trinajstić information content (AvgIpc) is 2.92. The molecule has 1 aliphatic carbocycles. The Bertz CT molecular complexity index is 633. The van der Waals surface area contributed by atoms with Crippen LogP contribution < -0.4 is 10.6 Å². The lowest BCUT2D eigenvalue weighted by Gasteiger charge is -2.39. The molecule has 2 aromatic rings. The summed E-state index contributed by atoms with van der Waals surface area (Å²) in [6.45, 7) is 8.55. The molecule has 1 atom stereocenters. The SMILES string of the molecule is Cc1cc(NCCN[C@@H]2CCCCC2(C)C)n2ncnc2n1. The standard InChI is InChI=1S/C16H26N6/c1-12-10-14(22-15(21-12)19-11-20-22)18-9-8-17-13-6-4-5-7-16(13,2)3/h10-11,13,17-18H,4-9H2,1-3H3/t13-/m1/s1. The zero-order valence-electron chi connectivity index (χ0n) is 13.8. The first-order valence-electron chi connectivity index (χ1n) is 8.21. The monoisotopic (exact) mass is 302 g/mol. The van der Waals surface area contributed by atoms with E-state index in [0.717, 1.165) is 24.6 Å². The Hall–Kier alpha value is -1.69. The van der Waals surface area contributed by atoms with Crippen LogP contribution in [0.4, 0.5) is 5.82 Å². The van der Waals surface area contributed by atoms with Gasteiger partial charge in [-0.25, -0.2) is 4.98 Å². The number of anilines is 1. The van der Waals surface area contributed by atoms with Crippen molar-refractivity contribution in [2.24, 2.45) is 5.41 Å². The molecule has 2 heterocycles. The van der Waals surface area contributed by atoms with Gasteiger partial charge in [0.2, 0.25) is 0 Å². The van der Waals surface area contributed by atoms with Crippen LogP contribution in [0.15, 0.2) is 12.4 Å². The molecule has 0 aromatic carbocycles. The molecule has 2 aromatic heterocycles. The second-order valence-corrected chi connectivity index (χ2v) is 6.92. The van der Waals surface area contributed by atoms with Crippen molar-refractivity contribution in [1.82, 2.24) is 24.9 Å². The maximum absolute atomic E-state index is 4.35. The average molecular weight is 302 g/mol. The zero-order valence-corrected chi connectivity index (χ0v) is 13.8. The molecule has 1 fully saturated rings. The summed E-state index contributed by atoms with van der Waals surface area (Å²) in [6, 6.07) is 2.63. The Morgan fingerprint density at radius 1 is 1.32 bits per heavy atom. The molecule has 0 unspecified atom stereocenters. The van der Waals surface area contributed by atoms with Crippen molar-refractivity contribution in [3.8, 4) is 0 Å². The third-order valence-electron chi connectivity index (χ3n) is 4.71. The lowest BCUT2D eigenvalue weighted by Crippen LogP contribution is -2.45. The Kier molecular flexibility index (Phi) is 4.29. The maximum atomic E-state index is 4.35. The van der Waals surface area contributed by atoms with Crippen LogP contribution in [0.1, 0.15) is 45.2 Å². The van der Waals surface area contributed by atoms with E-state index in [-0.39, 0.29) is 0 Å². The van der Waals surface area contributed by atoms with Gasteiger partial charge in [-0.2, -0.15) is 14.6 Å². The molecule has 2 N–H and O–H groups in total. The van der Waals surface area contributed by atoms with Crippen LogP contribution in [0.2, 0.25) is 0 Å². The number of nitrogens with zero attached hydrogens (tertiary/aromatic N) is 4. The van der Waals surface area contributed by atoms with Gasteiger partial charge in [-0.15, -0.1) is 0 Å². The van der Waals surface area contributed by atoms with Crippen molar-refractivity contribution < 1.29 is 0 Å². The van der Waals surface area contributed by atoms with Crippen LogP contribution >= 0.6 is 0 Å². The molecule has 120 valence electrons. The number of aryl methyl sites for hydroxylation is 1. The number of rotatable bonds is 5. The van der Waals surface area contributed by atoms with E-state index in [1.807, 2.05) is 13.0 Å². The highest BCUT2D eigenvalue weighted by Gasteiger charge is 2.31. The number of aromatic nitrogens is 4. The van der Waals surface area contributed by atoms with Gasteiger partial charge in [0, 0.05) is 30.9 Å². The van der Waals surface area contributed by atoms with Gasteiger partial charge in [-0.1, -0.05) is 26.7 Å². The highest BCUT2D eigenvalue weighted by molar-refractivity contribution is 5.44. The minimum Gasteiger partial charge on any atom is -0.369 e. The molecule has 22 heavy (non-hydrogen) atoms. The summed E-state index contributed by atoms with van der Waals surface area (Å²) in [5.41, 5.74) is 1.36. The van der Waals surface area contributed by atoms with Crippen molar-refractivity contribution in [1.29, 1.82) is 0 Å². The lowest BCUT2D eigenvalue weighted by atomic mass is 9.73. The van der Waals surface area contributed by atoms with Crippen LogP contribution in [0.3, 0.4) is 0 Å². The summed E-state index contributed by atoms with van der Waals surface area (Å²) < 4.78 is 1.75. The van der Waals surface area contributed by atoms with E-state index >= 15 is 0 Å². The number of fused-ring (bicyclic) bond motifs is 1. The van der Waals surface area contributed by atoms with Crippen LogP contribution in [0, 0.1) is 12.3 Å². The van der Waals surface area contributed by atoms with E-state index in [9.17, 15) is 0 Å². The molecule has 6 heteroatoms. The van der Waals surface area contributed by atoms with Gasteiger partial charge in [-0.3, -0.25) is 0 Å². The van der Waals surface area contributed by atoms with Gasteiger partial charge in [0.05, 0.1) is 0 Å². The third kappa shape index (κ3) is 3.21. The minimum absolute atomic E-state index is 0.407. The van der Waals surface area contributed by atoms with Crippen molar-refractivity contribution in [2.75, 3.05) is 18.4 Å². The smallest absolute Gasteiger partial charge is 0.254 e. The first kappa shape index (κ1) is 15.2. The van der Waals surface area contributed by atoms with E-state index in [4.69, 9.17) is 0 Å². The maximum Gasteiger partial charge on any atom is 0.254 e. The molecule has 0 bridgehead atoms. The molecule has 0 saturated heterocycles. The summed E-state index contributed by atoms with van der Waals surface area (Å²) in [6.07, 6.45) is 6.85. The molecule has 1 aliphatic rings. The normalized spacial score (nSPS) is 21.1. The van der Waals surface area contributed by atoms with Gasteiger partial charge in [0.1, 0.15) is 12.1 Å². The lowest BCUT2D eigenvalue weighted by molar-refractivity contribution is 0.170. The van der Waals surface area contributed by atoms with E-state index in [2.05, 4.69) is 39.5 Å². The fourth-order valence-electron chi connectivity index (χ4n) is 3.37. The molecule has 1 saturated carbocycles.